The van der Waals surface area contributed by atoms with Crippen LogP contribution in [0.4, 0.5) is 0 Å². The van der Waals surface area contributed by atoms with Gasteiger partial charge in [0.25, 0.3) is 0 Å². The summed E-state index contributed by atoms with van der Waals surface area (Å²) in [4.78, 5) is 21.0. The van der Waals surface area contributed by atoms with Crippen LogP contribution in [0.15, 0.2) is 0 Å². The molecule has 0 saturated carbocycles. The van der Waals surface area contributed by atoms with E-state index in [1.54, 1.807) is 0 Å². The lowest BCUT2D eigenvalue weighted by Gasteiger charge is -2.08. The Morgan fingerprint density at radius 3 is 1.43 bits per heavy atom. The first kappa shape index (κ1) is 13.6. The van der Waals surface area contributed by atoms with Crippen molar-refractivity contribution in [3.63, 3.8) is 0 Å². The second-order valence-corrected chi connectivity index (χ2v) is 5.14. The average Bonchev–Trinajstić information content (AvgIpc) is 2.11. The third kappa shape index (κ3) is 6.08. The number of primary amides is 2. The fourth-order valence-electron chi connectivity index (χ4n) is 0.407. The molecule has 2 amide bonds. The summed E-state index contributed by atoms with van der Waals surface area (Å²) in [6.45, 7) is 0. The molecule has 0 unspecified atom stereocenters. The van der Waals surface area contributed by atoms with E-state index in [1.807, 2.05) is 0 Å². The topological polar surface area (TPSA) is 138 Å². The molecule has 2 atom stereocenters. The minimum atomic E-state index is -0.669. The molecule has 0 aliphatic heterocycles. The Bertz CT molecular complexity index is 192. The molecule has 0 saturated heterocycles. The number of rotatable bonds is 7. The Morgan fingerprint density at radius 1 is 0.929 bits per heavy atom. The Morgan fingerprint density at radius 2 is 1.21 bits per heavy atom. The molecule has 0 rings (SSSR count). The molecule has 0 aromatic heterocycles. The van der Waals surface area contributed by atoms with E-state index in [9.17, 15) is 9.59 Å². The molecule has 0 bridgehead atoms. The van der Waals surface area contributed by atoms with Gasteiger partial charge in [0.2, 0.25) is 11.8 Å². The highest BCUT2D eigenvalue weighted by Gasteiger charge is 2.11. The van der Waals surface area contributed by atoms with Crippen LogP contribution in [-0.2, 0) is 9.59 Å². The highest BCUT2D eigenvalue weighted by molar-refractivity contribution is 8.76. The standard InChI is InChI=1S/C6H14N4O2S2/c7-3(5(9)11)1-13-14-2-4(8)6(10)12/h3-4H,1-2,7-8H2,(H2,9,11)(H2,10,12)/t3-,4-/m1/s1. The number of amides is 2. The van der Waals surface area contributed by atoms with Crippen molar-refractivity contribution in [2.24, 2.45) is 22.9 Å². The fraction of sp³-hybridized carbons (Fsp3) is 0.667. The Hall–Kier alpha value is -0.440. The molecule has 6 nitrogen and oxygen atoms in total. The quantitative estimate of drug-likeness (QED) is 0.299. The lowest BCUT2D eigenvalue weighted by molar-refractivity contribution is -0.119. The normalized spacial score (nSPS) is 14.7. The summed E-state index contributed by atoms with van der Waals surface area (Å²) < 4.78 is 0. The summed E-state index contributed by atoms with van der Waals surface area (Å²) in [7, 11) is 2.68. The first-order chi connectivity index (χ1) is 6.45. The number of carbonyl (C=O) groups is 2. The van der Waals surface area contributed by atoms with Crippen molar-refractivity contribution in [1.29, 1.82) is 0 Å². The number of nitrogens with two attached hydrogens (primary N) is 4. The maximum absolute atomic E-state index is 10.5. The Balaban J connectivity index is 3.47. The molecule has 0 heterocycles. The van der Waals surface area contributed by atoms with Crippen molar-refractivity contribution >= 4 is 33.4 Å². The van der Waals surface area contributed by atoms with E-state index in [2.05, 4.69) is 0 Å². The predicted molar refractivity (Wildman–Crippen MR) is 59.3 cm³/mol. The zero-order valence-corrected chi connectivity index (χ0v) is 9.14. The zero-order chi connectivity index (χ0) is 11.1. The summed E-state index contributed by atoms with van der Waals surface area (Å²) in [6, 6.07) is -1.34. The summed E-state index contributed by atoms with van der Waals surface area (Å²) in [5.41, 5.74) is 20.6. The second kappa shape index (κ2) is 6.93. The van der Waals surface area contributed by atoms with Crippen molar-refractivity contribution in [2.45, 2.75) is 12.1 Å². The van der Waals surface area contributed by atoms with E-state index in [0.717, 1.165) is 0 Å². The van der Waals surface area contributed by atoms with Crippen LogP contribution in [0.1, 0.15) is 0 Å². The number of hydrogen-bond acceptors (Lipinski definition) is 6. The highest BCUT2D eigenvalue weighted by Crippen LogP contribution is 2.21. The van der Waals surface area contributed by atoms with Crippen molar-refractivity contribution < 1.29 is 9.59 Å². The fourth-order valence-corrected chi connectivity index (χ4v) is 2.68. The first-order valence-electron chi connectivity index (χ1n) is 3.79. The molecular formula is C6H14N4O2S2. The molecular weight excluding hydrogens is 224 g/mol. The average molecular weight is 238 g/mol. The molecule has 0 aliphatic rings. The number of carbonyl (C=O) groups excluding carboxylic acids is 2. The smallest absolute Gasteiger partial charge is 0.235 e. The van der Waals surface area contributed by atoms with Crippen molar-refractivity contribution in [3.8, 4) is 0 Å². The maximum Gasteiger partial charge on any atom is 0.235 e. The van der Waals surface area contributed by atoms with E-state index in [-0.39, 0.29) is 0 Å². The molecule has 8 N–H and O–H groups in total. The minimum Gasteiger partial charge on any atom is -0.368 e. The summed E-state index contributed by atoms with van der Waals surface area (Å²) in [5, 5.41) is 0. The van der Waals surface area contributed by atoms with E-state index in [4.69, 9.17) is 22.9 Å². The third-order valence-electron chi connectivity index (χ3n) is 1.31. The van der Waals surface area contributed by atoms with Gasteiger partial charge in [0, 0.05) is 11.5 Å². The molecule has 82 valence electrons. The van der Waals surface area contributed by atoms with Crippen LogP contribution < -0.4 is 22.9 Å². The monoisotopic (exact) mass is 238 g/mol. The predicted octanol–water partition coefficient (Wildman–Crippen LogP) is -2.01. The molecule has 0 radical (unpaired) electrons. The molecule has 0 fully saturated rings. The molecule has 8 heteroatoms. The lowest BCUT2D eigenvalue weighted by atomic mass is 10.3. The van der Waals surface area contributed by atoms with Crippen LogP contribution in [0.25, 0.3) is 0 Å². The third-order valence-corrected chi connectivity index (χ3v) is 3.78. The van der Waals surface area contributed by atoms with Gasteiger partial charge in [-0.15, -0.1) is 0 Å². The van der Waals surface area contributed by atoms with Crippen LogP contribution in [0.2, 0.25) is 0 Å². The molecule has 0 aliphatic carbocycles. The largest absolute Gasteiger partial charge is 0.368 e. The SMILES string of the molecule is NC(=O)[C@H](N)CSSC[C@@H](N)C(N)=O. The minimum absolute atomic E-state index is 0.394. The van der Waals surface area contributed by atoms with Crippen LogP contribution in [-0.4, -0.2) is 35.4 Å². The van der Waals surface area contributed by atoms with Gasteiger partial charge < -0.3 is 22.9 Å². The summed E-state index contributed by atoms with van der Waals surface area (Å²) in [6.07, 6.45) is 0. The van der Waals surface area contributed by atoms with Crippen molar-refractivity contribution in [2.75, 3.05) is 11.5 Å². The highest BCUT2D eigenvalue weighted by atomic mass is 33.1. The van der Waals surface area contributed by atoms with Gasteiger partial charge in [-0.3, -0.25) is 9.59 Å². The van der Waals surface area contributed by atoms with Crippen LogP contribution in [0.3, 0.4) is 0 Å². The van der Waals surface area contributed by atoms with Crippen LogP contribution in [0.5, 0.6) is 0 Å². The van der Waals surface area contributed by atoms with E-state index in [1.165, 1.54) is 21.6 Å². The van der Waals surface area contributed by atoms with Gasteiger partial charge >= 0.3 is 0 Å². The second-order valence-electron chi connectivity index (χ2n) is 2.59. The maximum atomic E-state index is 10.5. The van der Waals surface area contributed by atoms with Gasteiger partial charge in [0.1, 0.15) is 0 Å². The van der Waals surface area contributed by atoms with E-state index < -0.39 is 23.9 Å². The lowest BCUT2D eigenvalue weighted by Crippen LogP contribution is -2.39. The van der Waals surface area contributed by atoms with Gasteiger partial charge in [-0.25, -0.2) is 0 Å². The van der Waals surface area contributed by atoms with Crippen molar-refractivity contribution in [3.05, 3.63) is 0 Å². The summed E-state index contributed by atoms with van der Waals surface area (Å²) >= 11 is 0. The van der Waals surface area contributed by atoms with Gasteiger partial charge in [0.05, 0.1) is 12.1 Å². The van der Waals surface area contributed by atoms with Gasteiger partial charge in [-0.1, -0.05) is 21.6 Å². The van der Waals surface area contributed by atoms with E-state index >= 15 is 0 Å². The van der Waals surface area contributed by atoms with E-state index in [0.29, 0.717) is 11.5 Å². The molecule has 0 aromatic rings. The Kier molecular flexibility index (Phi) is 6.71. The Labute approximate surface area is 89.9 Å². The first-order valence-corrected chi connectivity index (χ1v) is 6.28. The van der Waals surface area contributed by atoms with Gasteiger partial charge in [-0.2, -0.15) is 0 Å². The van der Waals surface area contributed by atoms with Gasteiger partial charge in [0.15, 0.2) is 0 Å². The molecule has 14 heavy (non-hydrogen) atoms. The molecule has 0 aromatic carbocycles. The van der Waals surface area contributed by atoms with Gasteiger partial charge in [-0.05, 0) is 0 Å². The summed E-state index contributed by atoms with van der Waals surface area (Å²) in [5.74, 6) is -0.300. The van der Waals surface area contributed by atoms with Crippen molar-refractivity contribution in [1.82, 2.24) is 0 Å². The zero-order valence-electron chi connectivity index (χ0n) is 7.51. The van der Waals surface area contributed by atoms with Crippen LogP contribution >= 0.6 is 21.6 Å². The molecule has 0 spiro atoms. The number of hydrogen-bond donors (Lipinski definition) is 4. The van der Waals surface area contributed by atoms with Crippen LogP contribution in [0, 0.1) is 0 Å².